The molecule has 1 aliphatic rings. The molecule has 1 heterocycles. The predicted molar refractivity (Wildman–Crippen MR) is 100 cm³/mol. The van der Waals surface area contributed by atoms with Crippen molar-refractivity contribution in [3.63, 3.8) is 0 Å². The van der Waals surface area contributed by atoms with Crippen molar-refractivity contribution in [1.29, 1.82) is 0 Å². The van der Waals surface area contributed by atoms with Gasteiger partial charge in [0.25, 0.3) is 0 Å². The molecule has 0 spiro atoms. The molecule has 25 heavy (non-hydrogen) atoms. The number of guanidine groups is 1. The third-order valence-corrected chi connectivity index (χ3v) is 4.06. The lowest BCUT2D eigenvalue weighted by molar-refractivity contribution is 0.238. The second kappa shape index (κ2) is 9.51. The first kappa shape index (κ1) is 19.4. The maximum Gasteiger partial charge on any atom is 0.191 e. The normalized spacial score (nSPS) is 17.6. The topological polar surface area (TPSA) is 75.1 Å². The fourth-order valence-electron chi connectivity index (χ4n) is 2.74. The zero-order valence-electron chi connectivity index (χ0n) is 15.8. The van der Waals surface area contributed by atoms with Crippen LogP contribution in [0.5, 0.6) is 11.5 Å². The summed E-state index contributed by atoms with van der Waals surface area (Å²) >= 11 is 0. The van der Waals surface area contributed by atoms with E-state index in [9.17, 15) is 0 Å². The Hall–Kier alpha value is -1.95. The Morgan fingerprint density at radius 3 is 2.88 bits per heavy atom. The van der Waals surface area contributed by atoms with Crippen molar-refractivity contribution >= 4 is 5.96 Å². The average Bonchev–Trinajstić information content (AvgIpc) is 2.96. The Balaban J connectivity index is 2.14. The third-order valence-electron chi connectivity index (χ3n) is 4.06. The van der Waals surface area contributed by atoms with Crippen molar-refractivity contribution in [2.75, 3.05) is 26.3 Å². The van der Waals surface area contributed by atoms with Gasteiger partial charge in [-0.3, -0.25) is 0 Å². The fraction of sp³-hybridized carbons (Fsp3) is 0.632. The molecule has 1 aromatic rings. The summed E-state index contributed by atoms with van der Waals surface area (Å²) in [5, 5.41) is 15.6. The molecule has 2 atom stereocenters. The maximum absolute atomic E-state index is 9.16. The molecule has 1 aliphatic heterocycles. The number of rotatable bonds is 8. The molecule has 3 N–H and O–H groups in total. The van der Waals surface area contributed by atoms with Gasteiger partial charge in [-0.05, 0) is 38.8 Å². The van der Waals surface area contributed by atoms with E-state index in [4.69, 9.17) is 14.6 Å². The lowest BCUT2D eigenvalue weighted by atomic mass is 10.1. The minimum atomic E-state index is 0.154. The molecule has 0 radical (unpaired) electrons. The van der Waals surface area contributed by atoms with Gasteiger partial charge < -0.3 is 25.2 Å². The van der Waals surface area contributed by atoms with Gasteiger partial charge in [0.15, 0.2) is 5.96 Å². The van der Waals surface area contributed by atoms with E-state index < -0.39 is 0 Å². The monoisotopic (exact) mass is 349 g/mol. The van der Waals surface area contributed by atoms with E-state index in [1.807, 2.05) is 26.8 Å². The third kappa shape index (κ3) is 5.53. The first-order valence-corrected chi connectivity index (χ1v) is 9.15. The Labute approximate surface area is 150 Å². The molecular formula is C19H31N3O3. The van der Waals surface area contributed by atoms with Gasteiger partial charge in [-0.25, -0.2) is 4.99 Å². The zero-order valence-corrected chi connectivity index (χ0v) is 15.8. The smallest absolute Gasteiger partial charge is 0.191 e. The van der Waals surface area contributed by atoms with Crippen molar-refractivity contribution in [2.24, 2.45) is 10.9 Å². The second-order valence-corrected chi connectivity index (χ2v) is 6.50. The number of hydrogen-bond donors (Lipinski definition) is 3. The summed E-state index contributed by atoms with van der Waals surface area (Å²) in [6.45, 7) is 10.8. The highest BCUT2D eigenvalue weighted by Crippen LogP contribution is 2.35. The van der Waals surface area contributed by atoms with Crippen LogP contribution in [-0.4, -0.2) is 43.5 Å². The van der Waals surface area contributed by atoms with Crippen molar-refractivity contribution < 1.29 is 14.6 Å². The van der Waals surface area contributed by atoms with Crippen LogP contribution in [0.15, 0.2) is 17.1 Å². The van der Waals surface area contributed by atoms with Crippen LogP contribution < -0.4 is 20.1 Å². The van der Waals surface area contributed by atoms with Crippen LogP contribution in [0.3, 0.4) is 0 Å². The van der Waals surface area contributed by atoms with E-state index in [1.54, 1.807) is 0 Å². The van der Waals surface area contributed by atoms with Gasteiger partial charge in [0.2, 0.25) is 0 Å². The molecule has 6 heteroatoms. The highest BCUT2D eigenvalue weighted by molar-refractivity contribution is 5.79. The van der Waals surface area contributed by atoms with Crippen LogP contribution >= 0.6 is 0 Å². The second-order valence-electron chi connectivity index (χ2n) is 6.50. The van der Waals surface area contributed by atoms with E-state index in [1.165, 1.54) is 5.56 Å². The van der Waals surface area contributed by atoms with Crippen molar-refractivity contribution in [3.05, 3.63) is 23.3 Å². The molecule has 0 amide bonds. The van der Waals surface area contributed by atoms with Crippen LogP contribution in [-0.2, 0) is 13.0 Å². The average molecular weight is 349 g/mol. The molecule has 0 saturated carbocycles. The van der Waals surface area contributed by atoms with Crippen LogP contribution in [0, 0.1) is 5.92 Å². The van der Waals surface area contributed by atoms with Gasteiger partial charge in [0.1, 0.15) is 17.6 Å². The van der Waals surface area contributed by atoms with E-state index in [-0.39, 0.29) is 18.6 Å². The first-order valence-electron chi connectivity index (χ1n) is 9.15. The fourth-order valence-corrected chi connectivity index (χ4v) is 2.74. The van der Waals surface area contributed by atoms with E-state index in [0.29, 0.717) is 19.7 Å². The molecule has 2 unspecified atom stereocenters. The highest BCUT2D eigenvalue weighted by Gasteiger charge is 2.21. The summed E-state index contributed by atoms with van der Waals surface area (Å²) in [6.07, 6.45) is 1.13. The van der Waals surface area contributed by atoms with Gasteiger partial charge in [-0.15, -0.1) is 0 Å². The van der Waals surface area contributed by atoms with Gasteiger partial charge in [0.05, 0.1) is 13.2 Å². The molecule has 1 aromatic carbocycles. The number of nitrogens with one attached hydrogen (secondary N) is 2. The summed E-state index contributed by atoms with van der Waals surface area (Å²) in [5.41, 5.74) is 2.22. The van der Waals surface area contributed by atoms with Gasteiger partial charge in [-0.2, -0.15) is 0 Å². The quantitative estimate of drug-likeness (QED) is 0.495. The maximum atomic E-state index is 9.16. The SMILES string of the molecule is CCNC(=NCc1cc2c(cc1OCC)CC(C)O2)NCC(C)CO. The van der Waals surface area contributed by atoms with Crippen LogP contribution in [0.4, 0.5) is 0 Å². The number of hydrogen-bond acceptors (Lipinski definition) is 4. The minimum Gasteiger partial charge on any atom is -0.494 e. The van der Waals surface area contributed by atoms with Crippen LogP contribution in [0.25, 0.3) is 0 Å². The van der Waals surface area contributed by atoms with Crippen LogP contribution in [0.2, 0.25) is 0 Å². The van der Waals surface area contributed by atoms with E-state index in [2.05, 4.69) is 28.6 Å². The lowest BCUT2D eigenvalue weighted by Gasteiger charge is -2.15. The molecule has 2 rings (SSSR count). The summed E-state index contributed by atoms with van der Waals surface area (Å²) < 4.78 is 11.7. The van der Waals surface area contributed by atoms with Crippen molar-refractivity contribution in [1.82, 2.24) is 10.6 Å². The van der Waals surface area contributed by atoms with E-state index >= 15 is 0 Å². The Kier molecular flexibility index (Phi) is 7.37. The Morgan fingerprint density at radius 2 is 2.20 bits per heavy atom. The van der Waals surface area contributed by atoms with Gasteiger partial charge >= 0.3 is 0 Å². The molecule has 0 aromatic heterocycles. The number of nitrogens with zero attached hydrogens (tertiary/aromatic N) is 1. The van der Waals surface area contributed by atoms with Gasteiger partial charge in [-0.1, -0.05) is 6.92 Å². The largest absolute Gasteiger partial charge is 0.494 e. The number of fused-ring (bicyclic) bond motifs is 1. The molecule has 0 bridgehead atoms. The van der Waals surface area contributed by atoms with Crippen molar-refractivity contribution in [3.8, 4) is 11.5 Å². The minimum absolute atomic E-state index is 0.154. The molecule has 0 saturated heterocycles. The first-order chi connectivity index (χ1) is 12.1. The summed E-state index contributed by atoms with van der Waals surface area (Å²) in [7, 11) is 0. The van der Waals surface area contributed by atoms with Crippen molar-refractivity contribution in [2.45, 2.75) is 46.8 Å². The van der Waals surface area contributed by atoms with Crippen LogP contribution in [0.1, 0.15) is 38.8 Å². The number of aliphatic hydroxyl groups excluding tert-OH is 1. The summed E-state index contributed by atoms with van der Waals surface area (Å²) in [5.74, 6) is 2.73. The summed E-state index contributed by atoms with van der Waals surface area (Å²) in [6, 6.07) is 4.13. The summed E-state index contributed by atoms with van der Waals surface area (Å²) in [4.78, 5) is 4.65. The molecule has 0 aliphatic carbocycles. The molecular weight excluding hydrogens is 318 g/mol. The Morgan fingerprint density at radius 1 is 1.40 bits per heavy atom. The number of benzene rings is 1. The molecule has 140 valence electrons. The molecule has 6 nitrogen and oxygen atoms in total. The Bertz CT molecular complexity index is 590. The number of ether oxygens (including phenoxy) is 2. The highest BCUT2D eigenvalue weighted by atomic mass is 16.5. The molecule has 0 fully saturated rings. The standard InChI is InChI=1S/C19H31N3O3/c1-5-20-19(21-10-13(3)12-23)22-11-16-9-18-15(7-14(4)25-18)8-17(16)24-6-2/h8-9,13-14,23H,5-7,10-12H2,1-4H3,(H2,20,21,22). The predicted octanol–water partition coefficient (Wildman–Crippen LogP) is 2.09. The lowest BCUT2D eigenvalue weighted by Crippen LogP contribution is -2.39. The zero-order chi connectivity index (χ0) is 18.2. The van der Waals surface area contributed by atoms with Gasteiger partial charge in [0, 0.05) is 37.2 Å². The number of aliphatic imine (C=N–C) groups is 1. The van der Waals surface area contributed by atoms with E-state index in [0.717, 1.165) is 36.0 Å². The number of aliphatic hydroxyl groups is 1.